The Balaban J connectivity index is 2.10. The van der Waals surface area contributed by atoms with Crippen LogP contribution in [0.15, 0.2) is 30.3 Å². The zero-order chi connectivity index (χ0) is 14.8. The van der Waals surface area contributed by atoms with Gasteiger partial charge in [-0.25, -0.2) is 0 Å². The maximum Gasteiger partial charge on any atom is 0.320 e. The molecule has 1 rings (SSSR count). The van der Waals surface area contributed by atoms with E-state index in [0.717, 1.165) is 12.8 Å². The Morgan fingerprint density at radius 3 is 2.50 bits per heavy atom. The summed E-state index contributed by atoms with van der Waals surface area (Å²) < 4.78 is 5.37. The number of nitrogens with one attached hydrogen (secondary N) is 1. The molecule has 1 atom stereocenters. The molecule has 0 saturated heterocycles. The van der Waals surface area contributed by atoms with E-state index in [1.165, 1.54) is 12.0 Å². The molecule has 0 aliphatic rings. The molecule has 1 unspecified atom stereocenters. The highest BCUT2D eigenvalue weighted by Gasteiger charge is 2.09. The van der Waals surface area contributed by atoms with E-state index in [-0.39, 0.29) is 18.6 Å². The predicted molar refractivity (Wildman–Crippen MR) is 82.4 cm³/mol. The van der Waals surface area contributed by atoms with Gasteiger partial charge in [0, 0.05) is 6.54 Å². The van der Waals surface area contributed by atoms with E-state index in [4.69, 9.17) is 4.74 Å². The molecule has 1 aromatic carbocycles. The largest absolute Gasteiger partial charge is 0.462 e. The number of rotatable bonds is 9. The number of ether oxygens (including phenoxy) is 1. The molecule has 0 heterocycles. The van der Waals surface area contributed by atoms with Gasteiger partial charge in [0.2, 0.25) is 0 Å². The third kappa shape index (κ3) is 7.95. The van der Waals surface area contributed by atoms with Gasteiger partial charge in [0.05, 0.1) is 12.6 Å². The number of carbonyl (C=O) groups is 1. The van der Waals surface area contributed by atoms with Crippen LogP contribution in [0.3, 0.4) is 0 Å². The van der Waals surface area contributed by atoms with Crippen molar-refractivity contribution in [2.24, 2.45) is 5.92 Å². The monoisotopic (exact) mass is 277 g/mol. The molecule has 0 amide bonds. The Bertz CT molecular complexity index is 376. The predicted octanol–water partition coefficient (Wildman–Crippen LogP) is 3.53. The van der Waals surface area contributed by atoms with Crippen molar-refractivity contribution in [2.45, 2.75) is 52.7 Å². The number of hydrogen-bond donors (Lipinski definition) is 1. The summed E-state index contributed by atoms with van der Waals surface area (Å²) in [6.45, 7) is 7.35. The second kappa shape index (κ2) is 9.54. The van der Waals surface area contributed by atoms with E-state index in [1.807, 2.05) is 37.3 Å². The van der Waals surface area contributed by atoms with Crippen molar-refractivity contribution in [1.29, 1.82) is 0 Å². The summed E-state index contributed by atoms with van der Waals surface area (Å²) in [5.41, 5.74) is 1.17. The molecule has 1 N–H and O–H groups in total. The molecule has 1 aromatic rings. The van der Waals surface area contributed by atoms with E-state index in [1.54, 1.807) is 0 Å². The number of esters is 1. The van der Waals surface area contributed by atoms with Crippen LogP contribution in [-0.4, -0.2) is 18.6 Å². The molecule has 20 heavy (non-hydrogen) atoms. The normalized spacial score (nSPS) is 12.4. The van der Waals surface area contributed by atoms with Gasteiger partial charge in [0.25, 0.3) is 0 Å². The molecule has 0 radical (unpaired) electrons. The molecule has 0 saturated carbocycles. The molecule has 0 spiro atoms. The SMILES string of the molecule is CC(C)CCCC(C)OC(=O)CNCc1ccccc1. The van der Waals surface area contributed by atoms with Crippen LogP contribution in [0, 0.1) is 5.92 Å². The first kappa shape index (κ1) is 16.7. The minimum atomic E-state index is -0.169. The minimum Gasteiger partial charge on any atom is -0.462 e. The summed E-state index contributed by atoms with van der Waals surface area (Å²) in [6.07, 6.45) is 3.26. The Labute approximate surface area is 122 Å². The van der Waals surface area contributed by atoms with Crippen molar-refractivity contribution in [3.05, 3.63) is 35.9 Å². The topological polar surface area (TPSA) is 38.3 Å². The maximum absolute atomic E-state index is 11.7. The summed E-state index contributed by atoms with van der Waals surface area (Å²) in [5, 5.41) is 3.11. The van der Waals surface area contributed by atoms with Crippen LogP contribution in [0.2, 0.25) is 0 Å². The molecule has 3 nitrogen and oxygen atoms in total. The molecule has 0 aliphatic carbocycles. The van der Waals surface area contributed by atoms with Gasteiger partial charge in [-0.05, 0) is 31.2 Å². The van der Waals surface area contributed by atoms with Crippen LogP contribution in [0.5, 0.6) is 0 Å². The summed E-state index contributed by atoms with van der Waals surface area (Å²) in [6, 6.07) is 10.0. The maximum atomic E-state index is 11.7. The lowest BCUT2D eigenvalue weighted by atomic mass is 10.0. The second-order valence-electron chi connectivity index (χ2n) is 5.71. The van der Waals surface area contributed by atoms with Crippen molar-refractivity contribution < 1.29 is 9.53 Å². The third-order valence-corrected chi connectivity index (χ3v) is 3.17. The van der Waals surface area contributed by atoms with Gasteiger partial charge in [-0.2, -0.15) is 0 Å². The Morgan fingerprint density at radius 1 is 1.15 bits per heavy atom. The molecule has 0 fully saturated rings. The average molecular weight is 277 g/mol. The van der Waals surface area contributed by atoms with E-state index < -0.39 is 0 Å². The van der Waals surface area contributed by atoms with Crippen LogP contribution in [0.1, 0.15) is 45.6 Å². The second-order valence-corrected chi connectivity index (χ2v) is 5.71. The van der Waals surface area contributed by atoms with E-state index in [9.17, 15) is 4.79 Å². The van der Waals surface area contributed by atoms with Gasteiger partial charge in [0.1, 0.15) is 0 Å². The lowest BCUT2D eigenvalue weighted by Crippen LogP contribution is -2.27. The molecule has 0 aromatic heterocycles. The number of hydrogen-bond acceptors (Lipinski definition) is 3. The number of carbonyl (C=O) groups excluding carboxylic acids is 1. The summed E-state index contributed by atoms with van der Waals surface area (Å²) >= 11 is 0. The van der Waals surface area contributed by atoms with Gasteiger partial charge in [-0.1, -0.05) is 50.6 Å². The van der Waals surface area contributed by atoms with Gasteiger partial charge in [-0.15, -0.1) is 0 Å². The average Bonchev–Trinajstić information content (AvgIpc) is 2.39. The fourth-order valence-corrected chi connectivity index (χ4v) is 2.04. The molecule has 3 heteroatoms. The summed E-state index contributed by atoms with van der Waals surface area (Å²) in [5.74, 6) is 0.545. The van der Waals surface area contributed by atoms with Crippen molar-refractivity contribution in [2.75, 3.05) is 6.54 Å². The van der Waals surface area contributed by atoms with Crippen molar-refractivity contribution in [3.63, 3.8) is 0 Å². The lowest BCUT2D eigenvalue weighted by molar-refractivity contribution is -0.147. The van der Waals surface area contributed by atoms with Crippen molar-refractivity contribution >= 4 is 5.97 Å². The molecule has 0 bridgehead atoms. The third-order valence-electron chi connectivity index (χ3n) is 3.17. The van der Waals surface area contributed by atoms with Crippen molar-refractivity contribution in [3.8, 4) is 0 Å². The fraction of sp³-hybridized carbons (Fsp3) is 0.588. The zero-order valence-corrected chi connectivity index (χ0v) is 12.9. The van der Waals surface area contributed by atoms with Crippen LogP contribution < -0.4 is 5.32 Å². The first-order valence-electron chi connectivity index (χ1n) is 7.52. The standard InChI is InChI=1S/C17H27NO2/c1-14(2)8-7-9-15(3)20-17(19)13-18-12-16-10-5-4-6-11-16/h4-6,10-11,14-15,18H,7-9,12-13H2,1-3H3. The van der Waals surface area contributed by atoms with Crippen LogP contribution >= 0.6 is 0 Å². The van der Waals surface area contributed by atoms with Gasteiger partial charge < -0.3 is 10.1 Å². The van der Waals surface area contributed by atoms with E-state index in [2.05, 4.69) is 19.2 Å². The minimum absolute atomic E-state index is 0.0137. The molecular formula is C17H27NO2. The molecular weight excluding hydrogens is 250 g/mol. The van der Waals surface area contributed by atoms with Crippen LogP contribution in [-0.2, 0) is 16.1 Å². The summed E-state index contributed by atoms with van der Waals surface area (Å²) in [4.78, 5) is 11.7. The Morgan fingerprint density at radius 2 is 1.85 bits per heavy atom. The smallest absolute Gasteiger partial charge is 0.320 e. The van der Waals surface area contributed by atoms with Crippen LogP contribution in [0.4, 0.5) is 0 Å². The van der Waals surface area contributed by atoms with E-state index in [0.29, 0.717) is 12.5 Å². The first-order valence-corrected chi connectivity index (χ1v) is 7.52. The fourth-order valence-electron chi connectivity index (χ4n) is 2.04. The van der Waals surface area contributed by atoms with Gasteiger partial charge in [0.15, 0.2) is 0 Å². The highest BCUT2D eigenvalue weighted by Crippen LogP contribution is 2.10. The van der Waals surface area contributed by atoms with Crippen LogP contribution in [0.25, 0.3) is 0 Å². The van der Waals surface area contributed by atoms with E-state index >= 15 is 0 Å². The molecule has 112 valence electrons. The molecule has 0 aliphatic heterocycles. The Hall–Kier alpha value is -1.35. The lowest BCUT2D eigenvalue weighted by Gasteiger charge is -2.14. The van der Waals surface area contributed by atoms with Gasteiger partial charge >= 0.3 is 5.97 Å². The Kier molecular flexibility index (Phi) is 7.97. The zero-order valence-electron chi connectivity index (χ0n) is 12.9. The van der Waals surface area contributed by atoms with Gasteiger partial charge in [-0.3, -0.25) is 4.79 Å². The summed E-state index contributed by atoms with van der Waals surface area (Å²) in [7, 11) is 0. The highest BCUT2D eigenvalue weighted by atomic mass is 16.5. The van der Waals surface area contributed by atoms with Crippen molar-refractivity contribution in [1.82, 2.24) is 5.32 Å². The first-order chi connectivity index (χ1) is 9.58. The highest BCUT2D eigenvalue weighted by molar-refractivity contribution is 5.71. The quantitative estimate of drug-likeness (QED) is 0.702. The number of benzene rings is 1.